The van der Waals surface area contributed by atoms with Crippen molar-refractivity contribution < 1.29 is 23.0 Å². The molecule has 2 aromatic carbocycles. The highest BCUT2D eigenvalue weighted by molar-refractivity contribution is 6.06. The van der Waals surface area contributed by atoms with Gasteiger partial charge in [0.2, 0.25) is 0 Å². The van der Waals surface area contributed by atoms with E-state index >= 15 is 0 Å². The van der Waals surface area contributed by atoms with E-state index in [-0.39, 0.29) is 12.0 Å². The van der Waals surface area contributed by atoms with Crippen molar-refractivity contribution in [2.45, 2.75) is 31.8 Å². The SMILES string of the molecule is O=C(c1ccc(OCC2CCCO2)cc1)N1CCCc2cc(F)c(F)cc21. The summed E-state index contributed by atoms with van der Waals surface area (Å²) in [5, 5.41) is 0. The van der Waals surface area contributed by atoms with E-state index in [9.17, 15) is 13.6 Å². The number of carbonyl (C=O) groups is 1. The fourth-order valence-corrected chi connectivity index (χ4v) is 3.60. The van der Waals surface area contributed by atoms with E-state index in [0.717, 1.165) is 25.5 Å². The number of halogens is 2. The second kappa shape index (κ2) is 7.64. The van der Waals surface area contributed by atoms with Crippen LogP contribution in [0, 0.1) is 11.6 Å². The Morgan fingerprint density at radius 1 is 1.15 bits per heavy atom. The summed E-state index contributed by atoms with van der Waals surface area (Å²) < 4.78 is 38.4. The Hall–Kier alpha value is -2.47. The van der Waals surface area contributed by atoms with Crippen molar-refractivity contribution in [2.24, 2.45) is 0 Å². The number of ether oxygens (including phenoxy) is 2. The van der Waals surface area contributed by atoms with Crippen molar-refractivity contribution >= 4 is 11.6 Å². The zero-order chi connectivity index (χ0) is 18.8. The first-order chi connectivity index (χ1) is 13.1. The van der Waals surface area contributed by atoms with Crippen LogP contribution in [0.1, 0.15) is 35.2 Å². The molecule has 1 saturated heterocycles. The van der Waals surface area contributed by atoms with Gasteiger partial charge in [-0.1, -0.05) is 0 Å². The summed E-state index contributed by atoms with van der Waals surface area (Å²) in [4.78, 5) is 14.4. The van der Waals surface area contributed by atoms with E-state index in [4.69, 9.17) is 9.47 Å². The van der Waals surface area contributed by atoms with Crippen LogP contribution in [0.5, 0.6) is 5.75 Å². The minimum Gasteiger partial charge on any atom is -0.491 e. The molecular formula is C21H21F2NO3. The lowest BCUT2D eigenvalue weighted by molar-refractivity contribution is 0.0679. The minimum atomic E-state index is -0.939. The second-order valence-corrected chi connectivity index (χ2v) is 6.93. The lowest BCUT2D eigenvalue weighted by Gasteiger charge is -2.29. The zero-order valence-electron chi connectivity index (χ0n) is 14.9. The number of nitrogens with zero attached hydrogens (tertiary/aromatic N) is 1. The van der Waals surface area contributed by atoms with Gasteiger partial charge in [-0.25, -0.2) is 8.78 Å². The predicted octanol–water partition coefficient (Wildman–Crippen LogP) is 4.12. The molecule has 4 nitrogen and oxygen atoms in total. The fourth-order valence-electron chi connectivity index (χ4n) is 3.60. The van der Waals surface area contributed by atoms with Crippen LogP contribution in [0.2, 0.25) is 0 Å². The highest BCUT2D eigenvalue weighted by atomic mass is 19.2. The number of hydrogen-bond acceptors (Lipinski definition) is 3. The van der Waals surface area contributed by atoms with E-state index in [1.807, 2.05) is 0 Å². The number of hydrogen-bond donors (Lipinski definition) is 0. The molecule has 1 unspecified atom stereocenters. The van der Waals surface area contributed by atoms with Crippen LogP contribution in [-0.2, 0) is 11.2 Å². The van der Waals surface area contributed by atoms with Gasteiger partial charge in [0.15, 0.2) is 11.6 Å². The number of rotatable bonds is 4. The number of anilines is 1. The third-order valence-electron chi connectivity index (χ3n) is 5.05. The quantitative estimate of drug-likeness (QED) is 0.809. The van der Waals surface area contributed by atoms with Gasteiger partial charge in [0.05, 0.1) is 11.8 Å². The van der Waals surface area contributed by atoms with Crippen molar-refractivity contribution in [2.75, 3.05) is 24.7 Å². The molecule has 4 rings (SSSR count). The van der Waals surface area contributed by atoms with Crippen molar-refractivity contribution in [3.8, 4) is 5.75 Å². The maximum Gasteiger partial charge on any atom is 0.258 e. The normalized spacial score (nSPS) is 19.0. The largest absolute Gasteiger partial charge is 0.491 e. The van der Waals surface area contributed by atoms with Crippen molar-refractivity contribution in [1.29, 1.82) is 0 Å². The first-order valence-corrected chi connectivity index (χ1v) is 9.26. The fraction of sp³-hybridized carbons (Fsp3) is 0.381. The highest BCUT2D eigenvalue weighted by Gasteiger charge is 2.25. The van der Waals surface area contributed by atoms with E-state index in [1.54, 1.807) is 24.3 Å². The van der Waals surface area contributed by atoms with Gasteiger partial charge < -0.3 is 14.4 Å². The molecule has 2 aliphatic heterocycles. The molecule has 0 spiro atoms. The van der Waals surface area contributed by atoms with Crippen LogP contribution < -0.4 is 9.64 Å². The third kappa shape index (κ3) is 3.81. The average Bonchev–Trinajstić information content (AvgIpc) is 3.20. The second-order valence-electron chi connectivity index (χ2n) is 6.93. The van der Waals surface area contributed by atoms with E-state index in [2.05, 4.69) is 0 Å². The van der Waals surface area contributed by atoms with Gasteiger partial charge >= 0.3 is 0 Å². The third-order valence-corrected chi connectivity index (χ3v) is 5.05. The molecule has 27 heavy (non-hydrogen) atoms. The molecule has 2 heterocycles. The number of amides is 1. The van der Waals surface area contributed by atoms with Crippen LogP contribution in [0.3, 0.4) is 0 Å². The molecule has 2 aliphatic rings. The highest BCUT2D eigenvalue weighted by Crippen LogP contribution is 2.30. The van der Waals surface area contributed by atoms with E-state index < -0.39 is 11.6 Å². The topological polar surface area (TPSA) is 38.8 Å². The lowest BCUT2D eigenvalue weighted by Crippen LogP contribution is -2.35. The van der Waals surface area contributed by atoms with Gasteiger partial charge in [-0.05, 0) is 61.6 Å². The summed E-state index contributed by atoms with van der Waals surface area (Å²) in [6.07, 6.45) is 3.54. The van der Waals surface area contributed by atoms with Crippen LogP contribution in [-0.4, -0.2) is 31.8 Å². The summed E-state index contributed by atoms with van der Waals surface area (Å²) in [6, 6.07) is 9.19. The van der Waals surface area contributed by atoms with Crippen molar-refractivity contribution in [3.05, 3.63) is 59.2 Å². The summed E-state index contributed by atoms with van der Waals surface area (Å²) in [5.74, 6) is -1.37. The maximum absolute atomic E-state index is 13.7. The van der Waals surface area contributed by atoms with Gasteiger partial charge in [0.25, 0.3) is 5.91 Å². The van der Waals surface area contributed by atoms with Crippen LogP contribution in [0.4, 0.5) is 14.5 Å². The molecule has 0 bridgehead atoms. The van der Waals surface area contributed by atoms with Crippen LogP contribution in [0.25, 0.3) is 0 Å². The molecule has 142 valence electrons. The van der Waals surface area contributed by atoms with E-state index in [1.165, 1.54) is 11.0 Å². The maximum atomic E-state index is 13.7. The number of carbonyl (C=O) groups excluding carboxylic acids is 1. The molecule has 0 aliphatic carbocycles. The van der Waals surface area contributed by atoms with Crippen molar-refractivity contribution in [1.82, 2.24) is 0 Å². The summed E-state index contributed by atoms with van der Waals surface area (Å²) in [7, 11) is 0. The first-order valence-electron chi connectivity index (χ1n) is 9.26. The van der Waals surface area contributed by atoms with Gasteiger partial charge in [-0.15, -0.1) is 0 Å². The molecule has 2 aromatic rings. The van der Waals surface area contributed by atoms with Gasteiger partial charge in [-0.2, -0.15) is 0 Å². The minimum absolute atomic E-state index is 0.131. The number of aryl methyl sites for hydroxylation is 1. The Bertz CT molecular complexity index is 832. The molecule has 0 saturated carbocycles. The van der Waals surface area contributed by atoms with Gasteiger partial charge in [0, 0.05) is 24.8 Å². The summed E-state index contributed by atoms with van der Waals surface area (Å²) >= 11 is 0. The monoisotopic (exact) mass is 373 g/mol. The Morgan fingerprint density at radius 2 is 1.93 bits per heavy atom. The van der Waals surface area contributed by atoms with Crippen LogP contribution in [0.15, 0.2) is 36.4 Å². The molecule has 1 amide bonds. The molecule has 0 aromatic heterocycles. The number of benzene rings is 2. The standard InChI is InChI=1S/C21H21F2NO3/c22-18-11-15-3-1-9-24(20(15)12-19(18)23)21(25)14-5-7-16(8-6-14)27-13-17-4-2-10-26-17/h5-8,11-12,17H,1-4,9-10,13H2. The van der Waals surface area contributed by atoms with Crippen LogP contribution >= 0.6 is 0 Å². The molecule has 1 fully saturated rings. The summed E-state index contributed by atoms with van der Waals surface area (Å²) in [5.41, 5.74) is 1.59. The van der Waals surface area contributed by atoms with E-state index in [0.29, 0.717) is 48.6 Å². The number of fused-ring (bicyclic) bond motifs is 1. The van der Waals surface area contributed by atoms with Crippen molar-refractivity contribution in [3.63, 3.8) is 0 Å². The Labute approximate surface area is 156 Å². The lowest BCUT2D eigenvalue weighted by atomic mass is 10.0. The molecular weight excluding hydrogens is 352 g/mol. The van der Waals surface area contributed by atoms with Gasteiger partial charge in [-0.3, -0.25) is 4.79 Å². The first kappa shape index (κ1) is 17.9. The smallest absolute Gasteiger partial charge is 0.258 e. The molecule has 1 atom stereocenters. The Morgan fingerprint density at radius 3 is 2.67 bits per heavy atom. The Kier molecular flexibility index (Phi) is 5.07. The predicted molar refractivity (Wildman–Crippen MR) is 97.3 cm³/mol. The zero-order valence-corrected chi connectivity index (χ0v) is 14.9. The molecule has 6 heteroatoms. The average molecular weight is 373 g/mol. The Balaban J connectivity index is 1.48. The molecule has 0 radical (unpaired) electrons. The molecule has 0 N–H and O–H groups in total. The summed E-state index contributed by atoms with van der Waals surface area (Å²) in [6.45, 7) is 1.76. The van der Waals surface area contributed by atoms with Gasteiger partial charge in [0.1, 0.15) is 12.4 Å².